The van der Waals surface area contributed by atoms with E-state index in [1.807, 2.05) is 0 Å². The molecule has 0 aromatic carbocycles. The first-order chi connectivity index (χ1) is 5.02. The lowest BCUT2D eigenvalue weighted by Crippen LogP contribution is -2.07. The van der Waals surface area contributed by atoms with Gasteiger partial charge in [-0.2, -0.15) is 0 Å². The van der Waals surface area contributed by atoms with Crippen LogP contribution in [0.25, 0.3) is 0 Å². The molecule has 0 aliphatic heterocycles. The van der Waals surface area contributed by atoms with Gasteiger partial charge in [0, 0.05) is 13.0 Å². The van der Waals surface area contributed by atoms with Gasteiger partial charge in [0.25, 0.3) is 0 Å². The zero-order chi connectivity index (χ0) is 8.48. The number of halogens is 1. The minimum Gasteiger partial charge on any atom is -0.375 e. The summed E-state index contributed by atoms with van der Waals surface area (Å²) in [5.74, 6) is 0.652. The van der Waals surface area contributed by atoms with Crippen molar-refractivity contribution in [3.63, 3.8) is 0 Å². The molecule has 2 unspecified atom stereocenters. The molecule has 11 heavy (non-hydrogen) atoms. The lowest BCUT2D eigenvalue weighted by atomic mass is 10.1. The number of alkyl halides is 1. The van der Waals surface area contributed by atoms with E-state index < -0.39 is 5.67 Å². The van der Waals surface area contributed by atoms with Gasteiger partial charge >= 0.3 is 0 Å². The fourth-order valence-electron chi connectivity index (χ4n) is 0.982. The van der Waals surface area contributed by atoms with Crippen LogP contribution >= 0.6 is 0 Å². The highest BCUT2D eigenvalue weighted by Crippen LogP contribution is 2.42. The van der Waals surface area contributed by atoms with Crippen molar-refractivity contribution in [1.82, 2.24) is 0 Å². The topological polar surface area (TPSA) is 9.23 Å². The highest BCUT2D eigenvalue weighted by molar-refractivity contribution is 5.02. The maximum Gasteiger partial charge on any atom is 0.136 e. The molecule has 0 amide bonds. The smallest absolute Gasteiger partial charge is 0.136 e. The molecule has 0 spiro atoms. The molecule has 0 bridgehead atoms. The van der Waals surface area contributed by atoms with Crippen LogP contribution in [0.1, 0.15) is 33.6 Å². The van der Waals surface area contributed by atoms with E-state index in [2.05, 4.69) is 13.8 Å². The third-order valence-corrected chi connectivity index (χ3v) is 2.11. The molecule has 2 heteroatoms. The van der Waals surface area contributed by atoms with Gasteiger partial charge in [-0.25, -0.2) is 4.39 Å². The second-order valence-electron chi connectivity index (χ2n) is 4.02. The van der Waals surface area contributed by atoms with Crippen LogP contribution in [0, 0.1) is 5.92 Å². The molecule has 0 aromatic rings. The number of ether oxygens (including phenoxy) is 1. The first kappa shape index (κ1) is 8.98. The van der Waals surface area contributed by atoms with Gasteiger partial charge < -0.3 is 4.74 Å². The van der Waals surface area contributed by atoms with Crippen molar-refractivity contribution in [1.29, 1.82) is 0 Å². The first-order valence-electron chi connectivity index (χ1n) is 4.33. The van der Waals surface area contributed by atoms with E-state index in [1.54, 1.807) is 6.92 Å². The molecule has 0 N–H and O–H groups in total. The molecule has 1 rings (SSSR count). The Balaban J connectivity index is 1.98. The van der Waals surface area contributed by atoms with Crippen LogP contribution in [0.3, 0.4) is 0 Å². The summed E-state index contributed by atoms with van der Waals surface area (Å²) < 4.78 is 18.2. The molecule has 1 saturated carbocycles. The van der Waals surface area contributed by atoms with Gasteiger partial charge in [0.1, 0.15) is 5.67 Å². The Morgan fingerprint density at radius 2 is 2.18 bits per heavy atom. The molecular formula is C9H17FO. The molecule has 0 aromatic heterocycles. The molecular weight excluding hydrogens is 143 g/mol. The van der Waals surface area contributed by atoms with Crippen LogP contribution < -0.4 is 0 Å². The van der Waals surface area contributed by atoms with Crippen LogP contribution in [0.2, 0.25) is 0 Å². The van der Waals surface area contributed by atoms with E-state index in [-0.39, 0.29) is 6.10 Å². The summed E-state index contributed by atoms with van der Waals surface area (Å²) in [5, 5.41) is 0. The normalized spacial score (nSPS) is 36.3. The van der Waals surface area contributed by atoms with Crippen molar-refractivity contribution in [2.45, 2.75) is 45.4 Å². The number of hydrogen-bond donors (Lipinski definition) is 0. The van der Waals surface area contributed by atoms with Gasteiger partial charge in [0.05, 0.1) is 6.10 Å². The Labute approximate surface area is 67.9 Å². The largest absolute Gasteiger partial charge is 0.375 e. The zero-order valence-electron chi connectivity index (χ0n) is 7.56. The highest BCUT2D eigenvalue weighted by atomic mass is 19.1. The monoisotopic (exact) mass is 160 g/mol. The minimum atomic E-state index is -1.02. The summed E-state index contributed by atoms with van der Waals surface area (Å²) in [6, 6.07) is 0. The van der Waals surface area contributed by atoms with E-state index in [1.165, 1.54) is 0 Å². The standard InChI is InChI=1S/C9H17FO/c1-7(2)4-5-11-8-6-9(8,3)10/h7-8H,4-6H2,1-3H3. The predicted molar refractivity (Wildman–Crippen MR) is 43.3 cm³/mol. The average molecular weight is 160 g/mol. The van der Waals surface area contributed by atoms with Crippen LogP contribution in [0.5, 0.6) is 0 Å². The van der Waals surface area contributed by atoms with Crippen molar-refractivity contribution >= 4 is 0 Å². The van der Waals surface area contributed by atoms with Gasteiger partial charge in [-0.05, 0) is 19.3 Å². The van der Waals surface area contributed by atoms with Crippen LogP contribution in [0.15, 0.2) is 0 Å². The molecule has 1 aliphatic rings. The van der Waals surface area contributed by atoms with Crippen LogP contribution in [-0.4, -0.2) is 18.4 Å². The predicted octanol–water partition coefficient (Wildman–Crippen LogP) is 2.55. The number of hydrogen-bond acceptors (Lipinski definition) is 1. The minimum absolute atomic E-state index is 0.110. The Kier molecular flexibility index (Phi) is 2.53. The van der Waals surface area contributed by atoms with Gasteiger partial charge in [-0.15, -0.1) is 0 Å². The van der Waals surface area contributed by atoms with Gasteiger partial charge in [-0.3, -0.25) is 0 Å². The van der Waals surface area contributed by atoms with Crippen molar-refractivity contribution in [2.24, 2.45) is 5.92 Å². The lowest BCUT2D eigenvalue weighted by Gasteiger charge is -2.05. The average Bonchev–Trinajstić information content (AvgIpc) is 2.39. The zero-order valence-corrected chi connectivity index (χ0v) is 7.56. The van der Waals surface area contributed by atoms with E-state index in [9.17, 15) is 4.39 Å². The van der Waals surface area contributed by atoms with Gasteiger partial charge in [0.2, 0.25) is 0 Å². The fraction of sp³-hybridized carbons (Fsp3) is 1.00. The quantitative estimate of drug-likeness (QED) is 0.614. The molecule has 0 radical (unpaired) electrons. The third-order valence-electron chi connectivity index (χ3n) is 2.11. The van der Waals surface area contributed by atoms with E-state index in [0.29, 0.717) is 18.9 Å². The summed E-state index contributed by atoms with van der Waals surface area (Å²) >= 11 is 0. The Hall–Kier alpha value is -0.110. The summed E-state index contributed by atoms with van der Waals surface area (Å²) in [6.07, 6.45) is 1.51. The molecule has 66 valence electrons. The molecule has 0 heterocycles. The van der Waals surface area contributed by atoms with Crippen molar-refractivity contribution in [2.75, 3.05) is 6.61 Å². The van der Waals surface area contributed by atoms with Crippen molar-refractivity contribution in [3.05, 3.63) is 0 Å². The molecule has 1 fully saturated rings. The Morgan fingerprint density at radius 1 is 1.64 bits per heavy atom. The second-order valence-corrected chi connectivity index (χ2v) is 4.02. The SMILES string of the molecule is CC(C)CCOC1CC1(C)F. The van der Waals surface area contributed by atoms with Gasteiger partial charge in [-0.1, -0.05) is 13.8 Å². The highest BCUT2D eigenvalue weighted by Gasteiger charge is 2.52. The molecule has 2 atom stereocenters. The molecule has 1 nitrogen and oxygen atoms in total. The maximum atomic E-state index is 12.9. The van der Waals surface area contributed by atoms with E-state index >= 15 is 0 Å². The van der Waals surface area contributed by atoms with Crippen molar-refractivity contribution < 1.29 is 9.13 Å². The summed E-state index contributed by atoms with van der Waals surface area (Å²) in [6.45, 7) is 6.60. The fourth-order valence-corrected chi connectivity index (χ4v) is 0.982. The van der Waals surface area contributed by atoms with Crippen LogP contribution in [0.4, 0.5) is 4.39 Å². The molecule has 1 aliphatic carbocycles. The maximum absolute atomic E-state index is 12.9. The lowest BCUT2D eigenvalue weighted by molar-refractivity contribution is 0.0730. The van der Waals surface area contributed by atoms with Crippen molar-refractivity contribution in [3.8, 4) is 0 Å². The van der Waals surface area contributed by atoms with E-state index in [0.717, 1.165) is 6.42 Å². The van der Waals surface area contributed by atoms with Crippen LogP contribution in [-0.2, 0) is 4.74 Å². The summed E-state index contributed by atoms with van der Waals surface area (Å²) in [7, 11) is 0. The summed E-state index contributed by atoms with van der Waals surface area (Å²) in [5.41, 5.74) is -1.02. The Morgan fingerprint density at radius 3 is 2.55 bits per heavy atom. The van der Waals surface area contributed by atoms with E-state index in [4.69, 9.17) is 4.74 Å². The summed E-state index contributed by atoms with van der Waals surface area (Å²) in [4.78, 5) is 0. The van der Waals surface area contributed by atoms with Gasteiger partial charge in [0.15, 0.2) is 0 Å². The third kappa shape index (κ3) is 2.78. The first-order valence-corrected chi connectivity index (χ1v) is 4.33. The Bertz CT molecular complexity index is 132. The second kappa shape index (κ2) is 3.10. The molecule has 0 saturated heterocycles. The number of rotatable bonds is 4.